The maximum absolute atomic E-state index is 12.6. The second-order valence-corrected chi connectivity index (χ2v) is 5.79. The average molecular weight is 333 g/mol. The third kappa shape index (κ3) is 4.64. The van der Waals surface area contributed by atoms with Crippen molar-refractivity contribution in [1.29, 1.82) is 0 Å². The molecule has 0 aliphatic rings. The van der Waals surface area contributed by atoms with Gasteiger partial charge in [-0.15, -0.1) is 0 Å². The van der Waals surface area contributed by atoms with E-state index in [1.165, 1.54) is 12.1 Å². The first-order valence-corrected chi connectivity index (χ1v) is 6.91. The normalized spacial score (nSPS) is 14.6. The average Bonchev–Trinajstić information content (AvgIpc) is 2.13. The van der Waals surface area contributed by atoms with Crippen molar-refractivity contribution in [2.75, 3.05) is 6.26 Å². The molecule has 0 radical (unpaired) electrons. The first-order chi connectivity index (χ1) is 7.59. The molecule has 0 N–H and O–H groups in total. The SMILES string of the molecule is CS(=O)(=O)OC(c1ccc(Br)cc1)C(F)(F)F. The molecule has 0 bridgehead atoms. The molecule has 0 aromatic heterocycles. The summed E-state index contributed by atoms with van der Waals surface area (Å²) in [5.74, 6) is 0. The number of hydrogen-bond donors (Lipinski definition) is 0. The Labute approximate surface area is 105 Å². The van der Waals surface area contributed by atoms with Crippen LogP contribution in [-0.4, -0.2) is 20.8 Å². The molecule has 0 fully saturated rings. The Hall–Kier alpha value is -0.600. The number of alkyl halides is 3. The second-order valence-electron chi connectivity index (χ2n) is 3.27. The molecule has 1 atom stereocenters. The summed E-state index contributed by atoms with van der Waals surface area (Å²) >= 11 is 3.07. The van der Waals surface area contributed by atoms with Crippen LogP contribution in [0.5, 0.6) is 0 Å². The van der Waals surface area contributed by atoms with Gasteiger partial charge in [-0.05, 0) is 17.7 Å². The summed E-state index contributed by atoms with van der Waals surface area (Å²) in [6.07, 6.45) is -6.70. The molecule has 1 aromatic rings. The molecule has 3 nitrogen and oxygen atoms in total. The van der Waals surface area contributed by atoms with Crippen LogP contribution in [0.4, 0.5) is 13.2 Å². The lowest BCUT2D eigenvalue weighted by Gasteiger charge is -2.19. The van der Waals surface area contributed by atoms with E-state index in [4.69, 9.17) is 0 Å². The first-order valence-electron chi connectivity index (χ1n) is 4.30. The molecule has 0 aliphatic heterocycles. The van der Waals surface area contributed by atoms with Crippen molar-refractivity contribution in [3.05, 3.63) is 34.3 Å². The molecule has 0 aliphatic carbocycles. The van der Waals surface area contributed by atoms with E-state index in [1.807, 2.05) is 0 Å². The highest BCUT2D eigenvalue weighted by atomic mass is 79.9. The van der Waals surface area contributed by atoms with Gasteiger partial charge in [-0.3, -0.25) is 4.18 Å². The third-order valence-electron chi connectivity index (χ3n) is 1.74. The van der Waals surface area contributed by atoms with Crippen molar-refractivity contribution >= 4 is 26.0 Å². The van der Waals surface area contributed by atoms with E-state index in [0.29, 0.717) is 10.7 Å². The molecule has 17 heavy (non-hydrogen) atoms. The Balaban J connectivity index is 3.12. The Morgan fingerprint density at radius 3 is 2.06 bits per heavy atom. The fourth-order valence-electron chi connectivity index (χ4n) is 1.11. The van der Waals surface area contributed by atoms with Crippen molar-refractivity contribution in [3.63, 3.8) is 0 Å². The van der Waals surface area contributed by atoms with E-state index >= 15 is 0 Å². The predicted molar refractivity (Wildman–Crippen MR) is 58.9 cm³/mol. The molecule has 8 heteroatoms. The van der Waals surface area contributed by atoms with E-state index in [0.717, 1.165) is 12.1 Å². The van der Waals surface area contributed by atoms with Crippen molar-refractivity contribution in [3.8, 4) is 0 Å². The highest BCUT2D eigenvalue weighted by molar-refractivity contribution is 9.10. The fraction of sp³-hybridized carbons (Fsp3) is 0.333. The van der Waals surface area contributed by atoms with Crippen molar-refractivity contribution in [2.45, 2.75) is 12.3 Å². The van der Waals surface area contributed by atoms with E-state index in [1.54, 1.807) is 0 Å². The zero-order valence-electron chi connectivity index (χ0n) is 8.53. The summed E-state index contributed by atoms with van der Waals surface area (Å²) in [4.78, 5) is 0. The molecule has 0 saturated heterocycles. The zero-order chi connectivity index (χ0) is 13.3. The topological polar surface area (TPSA) is 43.4 Å². The number of halogens is 4. The molecule has 1 rings (SSSR count). The van der Waals surface area contributed by atoms with Gasteiger partial charge in [0.25, 0.3) is 10.1 Å². The quantitative estimate of drug-likeness (QED) is 0.799. The molecular weight excluding hydrogens is 325 g/mol. The third-order valence-corrected chi connectivity index (χ3v) is 2.81. The lowest BCUT2D eigenvalue weighted by molar-refractivity contribution is -0.196. The van der Waals surface area contributed by atoms with Crippen LogP contribution in [0, 0.1) is 0 Å². The van der Waals surface area contributed by atoms with Gasteiger partial charge >= 0.3 is 6.18 Å². The molecule has 1 unspecified atom stereocenters. The molecule has 0 spiro atoms. The summed E-state index contributed by atoms with van der Waals surface area (Å²) in [6.45, 7) is 0. The monoisotopic (exact) mass is 332 g/mol. The van der Waals surface area contributed by atoms with E-state index in [9.17, 15) is 21.6 Å². The van der Waals surface area contributed by atoms with Gasteiger partial charge in [-0.1, -0.05) is 28.1 Å². The van der Waals surface area contributed by atoms with Crippen molar-refractivity contribution in [1.82, 2.24) is 0 Å². The minimum atomic E-state index is -4.79. The highest BCUT2D eigenvalue weighted by Crippen LogP contribution is 2.37. The van der Waals surface area contributed by atoms with Crippen LogP contribution in [0.3, 0.4) is 0 Å². The fourth-order valence-corrected chi connectivity index (χ4v) is 1.95. The molecule has 96 valence electrons. The second kappa shape index (κ2) is 4.95. The van der Waals surface area contributed by atoms with Crippen LogP contribution >= 0.6 is 15.9 Å². The van der Waals surface area contributed by atoms with E-state index in [-0.39, 0.29) is 5.56 Å². The van der Waals surface area contributed by atoms with E-state index in [2.05, 4.69) is 20.1 Å². The Kier molecular flexibility index (Phi) is 4.21. The Morgan fingerprint density at radius 2 is 1.71 bits per heavy atom. The van der Waals surface area contributed by atoms with Crippen molar-refractivity contribution < 1.29 is 25.8 Å². The predicted octanol–water partition coefficient (Wildman–Crippen LogP) is 3.03. The molecule has 0 amide bonds. The summed E-state index contributed by atoms with van der Waals surface area (Å²) in [5, 5.41) is 0. The maximum Gasteiger partial charge on any atom is 0.420 e. The van der Waals surface area contributed by atoms with Gasteiger partial charge in [0.2, 0.25) is 0 Å². The lowest BCUT2D eigenvalue weighted by atomic mass is 10.1. The van der Waals surface area contributed by atoms with Crippen LogP contribution in [-0.2, 0) is 14.3 Å². The zero-order valence-corrected chi connectivity index (χ0v) is 10.9. The van der Waals surface area contributed by atoms with Gasteiger partial charge in [-0.25, -0.2) is 0 Å². The van der Waals surface area contributed by atoms with Crippen LogP contribution in [0.25, 0.3) is 0 Å². The summed E-state index contributed by atoms with van der Waals surface area (Å²) in [5.41, 5.74) is -0.272. The van der Waals surface area contributed by atoms with Gasteiger partial charge in [-0.2, -0.15) is 21.6 Å². The minimum absolute atomic E-state index is 0.272. The largest absolute Gasteiger partial charge is 0.420 e. The highest BCUT2D eigenvalue weighted by Gasteiger charge is 2.44. The molecule has 0 heterocycles. The first kappa shape index (κ1) is 14.5. The molecule has 1 aromatic carbocycles. The number of rotatable bonds is 3. The van der Waals surface area contributed by atoms with Crippen LogP contribution in [0.15, 0.2) is 28.7 Å². The maximum atomic E-state index is 12.6. The smallest absolute Gasteiger partial charge is 0.252 e. The summed E-state index contributed by atoms with van der Waals surface area (Å²) < 4.78 is 64.1. The van der Waals surface area contributed by atoms with Crippen LogP contribution < -0.4 is 0 Å². The standard InChI is InChI=1S/C9H8BrF3O3S/c1-17(14,15)16-8(9(11,12)13)6-2-4-7(10)5-3-6/h2-5,8H,1H3. The number of hydrogen-bond acceptors (Lipinski definition) is 3. The minimum Gasteiger partial charge on any atom is -0.252 e. The lowest BCUT2D eigenvalue weighted by Crippen LogP contribution is -2.25. The van der Waals surface area contributed by atoms with Gasteiger partial charge in [0.1, 0.15) is 0 Å². The number of benzene rings is 1. The van der Waals surface area contributed by atoms with E-state index < -0.39 is 22.4 Å². The Morgan fingerprint density at radius 1 is 1.24 bits per heavy atom. The van der Waals surface area contributed by atoms with Crippen LogP contribution in [0.1, 0.15) is 11.7 Å². The van der Waals surface area contributed by atoms with Gasteiger partial charge in [0.15, 0.2) is 6.10 Å². The van der Waals surface area contributed by atoms with Crippen LogP contribution in [0.2, 0.25) is 0 Å². The summed E-state index contributed by atoms with van der Waals surface area (Å²) in [6, 6.07) is 5.04. The summed E-state index contributed by atoms with van der Waals surface area (Å²) in [7, 11) is -4.20. The van der Waals surface area contributed by atoms with Gasteiger partial charge < -0.3 is 0 Å². The Bertz CT molecular complexity index is 481. The molecular formula is C9H8BrF3O3S. The van der Waals surface area contributed by atoms with Crippen molar-refractivity contribution in [2.24, 2.45) is 0 Å². The van der Waals surface area contributed by atoms with Gasteiger partial charge in [0.05, 0.1) is 6.26 Å². The van der Waals surface area contributed by atoms with Gasteiger partial charge in [0, 0.05) is 4.47 Å². The molecule has 0 saturated carbocycles.